The van der Waals surface area contributed by atoms with Gasteiger partial charge in [-0.3, -0.25) is 0 Å². The van der Waals surface area contributed by atoms with Gasteiger partial charge >= 0.3 is 0 Å². The van der Waals surface area contributed by atoms with Gasteiger partial charge in [-0.1, -0.05) is 13.8 Å². The normalized spacial score (nSPS) is 12.7. The van der Waals surface area contributed by atoms with E-state index in [1.54, 1.807) is 17.5 Å². The lowest BCUT2D eigenvalue weighted by molar-refractivity contribution is 0.727. The Morgan fingerprint density at radius 2 is 2.25 bits per heavy atom. The summed E-state index contributed by atoms with van der Waals surface area (Å²) >= 11 is 1.67. The molecule has 0 aliphatic carbocycles. The highest BCUT2D eigenvalue weighted by Crippen LogP contribution is 2.24. The quantitative estimate of drug-likeness (QED) is 0.782. The number of aromatic nitrogens is 4. The number of hydrogen-bond donors (Lipinski definition) is 1. The molecule has 0 aliphatic rings. The Balaban J connectivity index is 1.98. The Labute approximate surface area is 121 Å². The molecule has 3 heterocycles. The Morgan fingerprint density at radius 3 is 2.95 bits per heavy atom. The van der Waals surface area contributed by atoms with Crippen molar-refractivity contribution in [3.8, 4) is 0 Å². The van der Waals surface area contributed by atoms with Crippen LogP contribution in [0.3, 0.4) is 0 Å². The van der Waals surface area contributed by atoms with Crippen LogP contribution in [0.1, 0.15) is 37.0 Å². The Morgan fingerprint density at radius 1 is 1.35 bits per heavy atom. The second-order valence-electron chi connectivity index (χ2n) is 4.56. The molecule has 0 aromatic carbocycles. The lowest BCUT2D eigenvalue weighted by Crippen LogP contribution is -2.13. The van der Waals surface area contributed by atoms with Gasteiger partial charge in [0.15, 0.2) is 5.65 Å². The molecule has 3 aromatic heterocycles. The zero-order valence-electron chi connectivity index (χ0n) is 11.6. The summed E-state index contributed by atoms with van der Waals surface area (Å²) in [5, 5.41) is 11.0. The average Bonchev–Trinajstić information content (AvgIpc) is 3.14. The third kappa shape index (κ3) is 2.38. The Kier molecular flexibility index (Phi) is 3.64. The fourth-order valence-corrected chi connectivity index (χ4v) is 2.95. The smallest absolute Gasteiger partial charge is 0.157 e. The molecule has 0 radical (unpaired) electrons. The molecule has 1 N–H and O–H groups in total. The van der Waals surface area contributed by atoms with Crippen molar-refractivity contribution >= 4 is 22.8 Å². The number of aryl methyl sites for hydroxylation is 1. The van der Waals surface area contributed by atoms with Crippen LogP contribution in [0.4, 0.5) is 5.82 Å². The molecule has 3 rings (SSSR count). The zero-order valence-corrected chi connectivity index (χ0v) is 12.4. The van der Waals surface area contributed by atoms with Crippen molar-refractivity contribution in [3.63, 3.8) is 0 Å². The number of nitrogens with one attached hydrogen (secondary N) is 1. The fourth-order valence-electron chi connectivity index (χ4n) is 2.17. The highest BCUT2D eigenvalue weighted by Gasteiger charge is 2.14. The van der Waals surface area contributed by atoms with Crippen LogP contribution in [-0.2, 0) is 6.42 Å². The van der Waals surface area contributed by atoms with Gasteiger partial charge in [-0.25, -0.2) is 9.97 Å². The minimum atomic E-state index is 0.203. The molecule has 104 valence electrons. The van der Waals surface area contributed by atoms with E-state index in [-0.39, 0.29) is 6.04 Å². The molecule has 1 atom stereocenters. The highest BCUT2D eigenvalue weighted by molar-refractivity contribution is 7.09. The molecule has 0 amide bonds. The van der Waals surface area contributed by atoms with Crippen LogP contribution in [0.5, 0.6) is 0 Å². The summed E-state index contributed by atoms with van der Waals surface area (Å²) in [5.41, 5.74) is 1.94. The lowest BCUT2D eigenvalue weighted by Gasteiger charge is -2.17. The molecular formula is C14H17N5S. The van der Waals surface area contributed by atoms with Gasteiger partial charge in [-0.05, 0) is 12.8 Å². The number of nitrogens with zero attached hydrogens (tertiary/aromatic N) is 4. The molecule has 0 saturated carbocycles. The van der Waals surface area contributed by atoms with Crippen molar-refractivity contribution in [2.24, 2.45) is 0 Å². The maximum atomic E-state index is 4.56. The summed E-state index contributed by atoms with van der Waals surface area (Å²) in [6, 6.07) is 4.19. The molecule has 0 spiro atoms. The van der Waals surface area contributed by atoms with Crippen molar-refractivity contribution in [1.29, 1.82) is 0 Å². The molecule has 20 heavy (non-hydrogen) atoms. The monoisotopic (exact) mass is 287 g/mol. The van der Waals surface area contributed by atoms with Gasteiger partial charge in [0, 0.05) is 29.4 Å². The molecule has 0 aliphatic heterocycles. The van der Waals surface area contributed by atoms with Crippen molar-refractivity contribution in [2.75, 3.05) is 5.32 Å². The summed E-state index contributed by atoms with van der Waals surface area (Å²) in [4.78, 5) is 8.96. The Hall–Kier alpha value is -1.95. The maximum Gasteiger partial charge on any atom is 0.157 e. The van der Waals surface area contributed by atoms with Gasteiger partial charge in [0.25, 0.3) is 0 Å². The first-order chi connectivity index (χ1) is 9.81. The lowest BCUT2D eigenvalue weighted by atomic mass is 10.2. The summed E-state index contributed by atoms with van der Waals surface area (Å²) in [7, 11) is 0. The number of thiazole rings is 1. The Bertz CT molecular complexity index is 689. The topological polar surface area (TPSA) is 55.1 Å². The van der Waals surface area contributed by atoms with Gasteiger partial charge in [-0.2, -0.15) is 9.61 Å². The van der Waals surface area contributed by atoms with Crippen molar-refractivity contribution < 1.29 is 0 Å². The summed E-state index contributed by atoms with van der Waals surface area (Å²) < 4.78 is 1.84. The standard InChI is InChI=1S/C14H17N5S/c1-3-10-9-13(19-12(17-10)5-6-16-19)18-11(4-2)14-15-7-8-20-14/h5-9,11,18H,3-4H2,1-2H3/t11-/m1/s1. The second-order valence-corrected chi connectivity index (χ2v) is 5.49. The predicted molar refractivity (Wildman–Crippen MR) is 81.1 cm³/mol. The first-order valence-electron chi connectivity index (χ1n) is 6.81. The molecule has 0 unspecified atom stereocenters. The van der Waals surface area contributed by atoms with Crippen LogP contribution in [-0.4, -0.2) is 19.6 Å². The van der Waals surface area contributed by atoms with Crippen molar-refractivity contribution in [3.05, 3.63) is 40.6 Å². The highest BCUT2D eigenvalue weighted by atomic mass is 32.1. The summed E-state index contributed by atoms with van der Waals surface area (Å²) in [5.74, 6) is 0.971. The minimum Gasteiger partial charge on any atom is -0.361 e. The average molecular weight is 287 g/mol. The largest absolute Gasteiger partial charge is 0.361 e. The van der Waals surface area contributed by atoms with E-state index >= 15 is 0 Å². The SMILES string of the molecule is CCc1cc(N[C@H](CC)c2nccs2)n2nccc2n1. The van der Waals surface area contributed by atoms with E-state index in [0.29, 0.717) is 0 Å². The van der Waals surface area contributed by atoms with Crippen LogP contribution >= 0.6 is 11.3 Å². The molecule has 3 aromatic rings. The zero-order chi connectivity index (χ0) is 13.9. The molecule has 5 nitrogen and oxygen atoms in total. The first kappa shape index (κ1) is 13.1. The van der Waals surface area contributed by atoms with E-state index < -0.39 is 0 Å². The third-order valence-corrected chi connectivity index (χ3v) is 4.14. The van der Waals surface area contributed by atoms with E-state index in [1.165, 1.54) is 0 Å². The molecule has 0 fully saturated rings. The predicted octanol–water partition coefficient (Wildman–Crippen LogP) is 3.31. The van der Waals surface area contributed by atoms with Crippen LogP contribution in [0, 0.1) is 0 Å². The number of hydrogen-bond acceptors (Lipinski definition) is 5. The van der Waals surface area contributed by atoms with Crippen LogP contribution in [0.2, 0.25) is 0 Å². The van der Waals surface area contributed by atoms with E-state index in [9.17, 15) is 0 Å². The van der Waals surface area contributed by atoms with Gasteiger partial charge in [0.05, 0.1) is 12.2 Å². The van der Waals surface area contributed by atoms with Crippen molar-refractivity contribution in [1.82, 2.24) is 19.6 Å². The maximum absolute atomic E-state index is 4.56. The summed E-state index contributed by atoms with van der Waals surface area (Å²) in [6.45, 7) is 4.26. The van der Waals surface area contributed by atoms with Crippen LogP contribution in [0.15, 0.2) is 29.9 Å². The summed E-state index contributed by atoms with van der Waals surface area (Å²) in [6.07, 6.45) is 5.50. The van der Waals surface area contributed by atoms with E-state index in [1.807, 2.05) is 22.2 Å². The van der Waals surface area contributed by atoms with E-state index in [0.717, 1.165) is 35.0 Å². The molecule has 0 saturated heterocycles. The van der Waals surface area contributed by atoms with Crippen LogP contribution < -0.4 is 5.32 Å². The van der Waals surface area contributed by atoms with Gasteiger partial charge in [-0.15, -0.1) is 11.3 Å². The second kappa shape index (κ2) is 5.58. The number of fused-ring (bicyclic) bond motifs is 1. The number of anilines is 1. The third-order valence-electron chi connectivity index (χ3n) is 3.25. The van der Waals surface area contributed by atoms with E-state index in [4.69, 9.17) is 0 Å². The molecular weight excluding hydrogens is 270 g/mol. The van der Waals surface area contributed by atoms with Gasteiger partial charge < -0.3 is 5.32 Å². The van der Waals surface area contributed by atoms with Gasteiger partial charge in [0.1, 0.15) is 10.8 Å². The van der Waals surface area contributed by atoms with E-state index in [2.05, 4.69) is 40.3 Å². The number of rotatable bonds is 5. The first-order valence-corrected chi connectivity index (χ1v) is 7.69. The van der Waals surface area contributed by atoms with Crippen molar-refractivity contribution in [2.45, 2.75) is 32.7 Å². The minimum absolute atomic E-state index is 0.203. The molecule has 0 bridgehead atoms. The van der Waals surface area contributed by atoms with Crippen LogP contribution in [0.25, 0.3) is 5.65 Å². The van der Waals surface area contributed by atoms with Gasteiger partial charge in [0.2, 0.25) is 0 Å². The molecule has 6 heteroatoms. The fraction of sp³-hybridized carbons (Fsp3) is 0.357.